The minimum atomic E-state index is -0.979. The van der Waals surface area contributed by atoms with Gasteiger partial charge in [-0.1, -0.05) is 0 Å². The van der Waals surface area contributed by atoms with Crippen LogP contribution in [0.3, 0.4) is 0 Å². The number of nitro groups is 1. The molecular formula is C9H2BrN3O3. The zero-order valence-corrected chi connectivity index (χ0v) is 9.19. The zero-order valence-electron chi connectivity index (χ0n) is 7.60. The van der Waals surface area contributed by atoms with Crippen molar-refractivity contribution in [3.05, 3.63) is 37.8 Å². The van der Waals surface area contributed by atoms with E-state index < -0.39 is 10.7 Å². The van der Waals surface area contributed by atoms with Crippen molar-refractivity contribution in [3.8, 4) is 12.1 Å². The molecular weight excluding hydrogens is 278 g/mol. The molecule has 0 spiro atoms. The summed E-state index contributed by atoms with van der Waals surface area (Å²) in [6, 6.07) is 5.06. The monoisotopic (exact) mass is 279 g/mol. The predicted molar refractivity (Wildman–Crippen MR) is 55.5 cm³/mol. The molecule has 0 amide bonds. The Hall–Kier alpha value is -2.25. The van der Waals surface area contributed by atoms with Crippen LogP contribution in [0.4, 0.5) is 5.69 Å². The number of rotatable bonds is 2. The molecule has 0 fully saturated rings. The Morgan fingerprint density at radius 1 is 1.44 bits per heavy atom. The average molecular weight is 280 g/mol. The molecule has 0 unspecified atom stereocenters. The van der Waals surface area contributed by atoms with Crippen molar-refractivity contribution in [2.45, 2.75) is 0 Å². The highest BCUT2D eigenvalue weighted by atomic mass is 79.9. The molecule has 0 aliphatic heterocycles. The molecule has 0 N–H and O–H groups in total. The molecule has 0 aromatic heterocycles. The van der Waals surface area contributed by atoms with Crippen LogP contribution < -0.4 is 0 Å². The Balaban J connectivity index is 3.55. The molecule has 0 radical (unpaired) electrons. The molecule has 0 aliphatic rings. The van der Waals surface area contributed by atoms with Gasteiger partial charge in [-0.3, -0.25) is 14.9 Å². The van der Waals surface area contributed by atoms with E-state index in [1.807, 2.05) is 0 Å². The third-order valence-corrected chi connectivity index (χ3v) is 2.39. The molecule has 0 aliphatic carbocycles. The molecule has 0 heterocycles. The number of ketones is 1. The van der Waals surface area contributed by atoms with E-state index in [0.29, 0.717) is 0 Å². The molecule has 1 rings (SSSR count). The van der Waals surface area contributed by atoms with Gasteiger partial charge in [0.25, 0.3) is 11.5 Å². The van der Waals surface area contributed by atoms with E-state index >= 15 is 0 Å². The first kappa shape index (κ1) is 11.8. The van der Waals surface area contributed by atoms with Gasteiger partial charge >= 0.3 is 0 Å². The molecule has 0 saturated carbocycles. The summed E-state index contributed by atoms with van der Waals surface area (Å²) in [5.74, 6) is -0.979. The number of hydrogen-bond acceptors (Lipinski definition) is 5. The number of carbonyl (C=O) groups excluding carboxylic acids is 1. The van der Waals surface area contributed by atoms with E-state index in [9.17, 15) is 14.9 Å². The lowest BCUT2D eigenvalue weighted by atomic mass is 10.0. The molecule has 7 heteroatoms. The van der Waals surface area contributed by atoms with Crippen molar-refractivity contribution < 1.29 is 9.72 Å². The number of benzene rings is 1. The van der Waals surface area contributed by atoms with Crippen molar-refractivity contribution in [2.75, 3.05) is 0 Å². The van der Waals surface area contributed by atoms with Gasteiger partial charge in [-0.05, 0) is 22.0 Å². The van der Waals surface area contributed by atoms with Crippen LogP contribution in [0.2, 0.25) is 0 Å². The van der Waals surface area contributed by atoms with Gasteiger partial charge in [-0.2, -0.15) is 10.5 Å². The van der Waals surface area contributed by atoms with Gasteiger partial charge in [0.2, 0.25) is 0 Å². The fraction of sp³-hybridized carbons (Fsp3) is 0. The van der Waals surface area contributed by atoms with Crippen molar-refractivity contribution in [2.24, 2.45) is 0 Å². The normalized spacial score (nSPS) is 8.94. The highest BCUT2D eigenvalue weighted by Gasteiger charge is 2.20. The van der Waals surface area contributed by atoms with Crippen LogP contribution in [0.1, 0.15) is 15.9 Å². The number of nitriles is 2. The molecule has 0 atom stereocenters. The fourth-order valence-electron chi connectivity index (χ4n) is 1.04. The molecule has 78 valence electrons. The van der Waals surface area contributed by atoms with Gasteiger partial charge in [0.05, 0.1) is 26.6 Å². The Labute approximate surface area is 98.0 Å². The van der Waals surface area contributed by atoms with Crippen molar-refractivity contribution in [1.82, 2.24) is 0 Å². The highest BCUT2D eigenvalue weighted by molar-refractivity contribution is 9.10. The predicted octanol–water partition coefficient (Wildman–Crippen LogP) is 1.94. The Morgan fingerprint density at radius 2 is 2.06 bits per heavy atom. The zero-order chi connectivity index (χ0) is 12.3. The van der Waals surface area contributed by atoms with Crippen LogP contribution in [0.5, 0.6) is 0 Å². The van der Waals surface area contributed by atoms with Crippen LogP contribution in [-0.2, 0) is 0 Å². The molecule has 0 bridgehead atoms. The van der Waals surface area contributed by atoms with Crippen LogP contribution in [0, 0.1) is 32.8 Å². The Morgan fingerprint density at radius 3 is 2.50 bits per heavy atom. The van der Waals surface area contributed by atoms with E-state index in [2.05, 4.69) is 15.9 Å². The SMILES string of the molecule is N#CC(=O)c1cc([N+](=O)[O-])c(Br)cc1C#N. The lowest BCUT2D eigenvalue weighted by Crippen LogP contribution is -2.01. The summed E-state index contributed by atoms with van der Waals surface area (Å²) in [6.07, 6.45) is 0. The minimum Gasteiger partial charge on any atom is -0.277 e. The summed E-state index contributed by atoms with van der Waals surface area (Å²) in [5, 5.41) is 27.7. The number of nitro benzene ring substituents is 1. The summed E-state index contributed by atoms with van der Waals surface area (Å²) in [4.78, 5) is 21.0. The number of carbonyl (C=O) groups is 1. The molecule has 16 heavy (non-hydrogen) atoms. The van der Waals surface area contributed by atoms with Gasteiger partial charge in [-0.25, -0.2) is 0 Å². The number of Topliss-reactive ketones (excluding diaryl/α,β-unsaturated/α-hetero) is 1. The standard InChI is InChI=1S/C9H2BrN3O3/c10-7-1-5(3-11)6(9(14)4-12)2-8(7)13(15)16/h1-2H. The quantitative estimate of drug-likeness (QED) is 0.356. The van der Waals surface area contributed by atoms with Gasteiger partial charge < -0.3 is 0 Å². The maximum absolute atomic E-state index is 11.1. The average Bonchev–Trinajstić information content (AvgIpc) is 2.27. The van der Waals surface area contributed by atoms with Crippen molar-refractivity contribution >= 4 is 27.4 Å². The molecule has 1 aromatic carbocycles. The van der Waals surface area contributed by atoms with Crippen molar-refractivity contribution in [3.63, 3.8) is 0 Å². The van der Waals surface area contributed by atoms with E-state index in [0.717, 1.165) is 12.1 Å². The summed E-state index contributed by atoms with van der Waals surface area (Å²) in [7, 11) is 0. The van der Waals surface area contributed by atoms with E-state index in [1.165, 1.54) is 6.07 Å². The van der Waals surface area contributed by atoms with E-state index in [1.54, 1.807) is 6.07 Å². The minimum absolute atomic E-state index is 0.0796. The first-order valence-electron chi connectivity index (χ1n) is 3.83. The number of nitrogens with zero attached hydrogens (tertiary/aromatic N) is 3. The van der Waals surface area contributed by atoms with Gasteiger partial charge in [0.1, 0.15) is 6.07 Å². The lowest BCUT2D eigenvalue weighted by molar-refractivity contribution is -0.385. The molecule has 0 saturated heterocycles. The second-order valence-corrected chi connectivity index (χ2v) is 3.51. The summed E-state index contributed by atoms with van der Waals surface area (Å²) < 4.78 is 0.0866. The second kappa shape index (κ2) is 4.51. The van der Waals surface area contributed by atoms with Crippen LogP contribution in [-0.4, -0.2) is 10.7 Å². The second-order valence-electron chi connectivity index (χ2n) is 2.66. The maximum Gasteiger partial charge on any atom is 0.284 e. The molecule has 1 aromatic rings. The fourth-order valence-corrected chi connectivity index (χ4v) is 1.53. The summed E-state index contributed by atoms with van der Waals surface area (Å²) in [6.45, 7) is 0. The van der Waals surface area contributed by atoms with E-state index in [4.69, 9.17) is 10.5 Å². The lowest BCUT2D eigenvalue weighted by Gasteiger charge is -2.00. The number of hydrogen-bond donors (Lipinski definition) is 0. The van der Waals surface area contributed by atoms with Gasteiger partial charge in [0.15, 0.2) is 0 Å². The third-order valence-electron chi connectivity index (χ3n) is 1.75. The largest absolute Gasteiger partial charge is 0.284 e. The third kappa shape index (κ3) is 2.05. The summed E-state index contributed by atoms with van der Waals surface area (Å²) in [5.41, 5.74) is -0.707. The van der Waals surface area contributed by atoms with Crippen LogP contribution in [0.25, 0.3) is 0 Å². The van der Waals surface area contributed by atoms with Gasteiger partial charge in [0, 0.05) is 6.07 Å². The maximum atomic E-state index is 11.1. The van der Waals surface area contributed by atoms with Crippen LogP contribution >= 0.6 is 15.9 Å². The Kier molecular flexibility index (Phi) is 3.33. The van der Waals surface area contributed by atoms with E-state index in [-0.39, 0.29) is 21.3 Å². The highest BCUT2D eigenvalue weighted by Crippen LogP contribution is 2.28. The Bertz CT molecular complexity index is 569. The summed E-state index contributed by atoms with van der Waals surface area (Å²) >= 11 is 2.91. The van der Waals surface area contributed by atoms with Gasteiger partial charge in [-0.15, -0.1) is 0 Å². The number of halogens is 1. The first-order valence-corrected chi connectivity index (χ1v) is 4.63. The smallest absolute Gasteiger partial charge is 0.277 e. The molecule has 6 nitrogen and oxygen atoms in total. The first-order chi connectivity index (χ1) is 7.51. The topological polar surface area (TPSA) is 108 Å². The van der Waals surface area contributed by atoms with Crippen molar-refractivity contribution in [1.29, 1.82) is 10.5 Å². The van der Waals surface area contributed by atoms with Crippen LogP contribution in [0.15, 0.2) is 16.6 Å².